The van der Waals surface area contributed by atoms with Crippen LogP contribution in [0.25, 0.3) is 0 Å². The summed E-state index contributed by atoms with van der Waals surface area (Å²) in [6, 6.07) is 16.5. The summed E-state index contributed by atoms with van der Waals surface area (Å²) < 4.78 is 0. The smallest absolute Gasteiger partial charge is 0.0426 e. The van der Waals surface area contributed by atoms with Crippen LogP contribution in [0.3, 0.4) is 0 Å². The molecular formula is C17H21ClN2. The van der Waals surface area contributed by atoms with E-state index in [-0.39, 0.29) is 6.04 Å². The maximum absolute atomic E-state index is 6.03. The molecule has 0 amide bonds. The zero-order valence-corrected chi connectivity index (χ0v) is 12.8. The summed E-state index contributed by atoms with van der Waals surface area (Å²) in [5.41, 5.74) is 9.60. The molecule has 1 atom stereocenters. The molecule has 0 bridgehead atoms. The van der Waals surface area contributed by atoms with E-state index in [1.807, 2.05) is 18.2 Å². The molecule has 0 fully saturated rings. The molecule has 0 aliphatic heterocycles. The Hall–Kier alpha value is -1.51. The minimum absolute atomic E-state index is 0.127. The van der Waals surface area contributed by atoms with Crippen LogP contribution < -0.4 is 10.6 Å². The van der Waals surface area contributed by atoms with Crippen molar-refractivity contribution in [3.8, 4) is 0 Å². The van der Waals surface area contributed by atoms with Crippen molar-refractivity contribution in [2.24, 2.45) is 5.73 Å². The van der Waals surface area contributed by atoms with Gasteiger partial charge in [0.1, 0.15) is 0 Å². The van der Waals surface area contributed by atoms with Gasteiger partial charge in [0.2, 0.25) is 0 Å². The first-order valence-corrected chi connectivity index (χ1v) is 7.29. The molecule has 0 aliphatic rings. The summed E-state index contributed by atoms with van der Waals surface area (Å²) >= 11 is 6.01. The molecule has 106 valence electrons. The summed E-state index contributed by atoms with van der Waals surface area (Å²) in [5, 5.41) is 0.778. The number of halogens is 1. The Morgan fingerprint density at radius 1 is 1.15 bits per heavy atom. The van der Waals surface area contributed by atoms with Crippen molar-refractivity contribution in [3.05, 3.63) is 64.7 Å². The lowest BCUT2D eigenvalue weighted by Crippen LogP contribution is -2.16. The van der Waals surface area contributed by atoms with Gasteiger partial charge in [0, 0.05) is 30.3 Å². The molecule has 0 unspecified atom stereocenters. The summed E-state index contributed by atoms with van der Waals surface area (Å²) in [5.74, 6) is 0. The van der Waals surface area contributed by atoms with Gasteiger partial charge >= 0.3 is 0 Å². The molecule has 0 radical (unpaired) electrons. The third-order valence-electron chi connectivity index (χ3n) is 3.51. The zero-order valence-electron chi connectivity index (χ0n) is 12.0. The highest BCUT2D eigenvalue weighted by Crippen LogP contribution is 2.21. The van der Waals surface area contributed by atoms with E-state index >= 15 is 0 Å². The van der Waals surface area contributed by atoms with Crippen LogP contribution in [0.15, 0.2) is 48.5 Å². The highest BCUT2D eigenvalue weighted by molar-refractivity contribution is 6.30. The second-order valence-corrected chi connectivity index (χ2v) is 5.53. The van der Waals surface area contributed by atoms with Gasteiger partial charge in [0.25, 0.3) is 0 Å². The van der Waals surface area contributed by atoms with Gasteiger partial charge in [0.05, 0.1) is 0 Å². The maximum atomic E-state index is 6.03. The second-order valence-electron chi connectivity index (χ2n) is 5.09. The number of nitrogens with two attached hydrogens (primary N) is 1. The van der Waals surface area contributed by atoms with E-state index in [1.165, 1.54) is 16.8 Å². The van der Waals surface area contributed by atoms with Crippen LogP contribution in [0.5, 0.6) is 0 Å². The van der Waals surface area contributed by atoms with Crippen molar-refractivity contribution in [3.63, 3.8) is 0 Å². The van der Waals surface area contributed by atoms with Crippen molar-refractivity contribution >= 4 is 17.3 Å². The first-order valence-electron chi connectivity index (χ1n) is 6.91. The topological polar surface area (TPSA) is 29.3 Å². The molecule has 20 heavy (non-hydrogen) atoms. The molecule has 2 aromatic carbocycles. The number of hydrogen-bond donors (Lipinski definition) is 1. The monoisotopic (exact) mass is 288 g/mol. The average Bonchev–Trinajstić information content (AvgIpc) is 2.46. The van der Waals surface area contributed by atoms with E-state index < -0.39 is 0 Å². The number of hydrogen-bond acceptors (Lipinski definition) is 2. The lowest BCUT2D eigenvalue weighted by molar-refractivity contribution is 0.698. The van der Waals surface area contributed by atoms with Gasteiger partial charge in [0.15, 0.2) is 0 Å². The third-order valence-corrected chi connectivity index (χ3v) is 3.75. The molecule has 0 saturated carbocycles. The Balaban J connectivity index is 2.07. The first kappa shape index (κ1) is 14.9. The van der Waals surface area contributed by atoms with Gasteiger partial charge in [-0.05, 0) is 41.8 Å². The SMILES string of the molecule is CC[C@@H](N)c1ccc(N(C)Cc2cccc(Cl)c2)cc1. The zero-order chi connectivity index (χ0) is 14.5. The van der Waals surface area contributed by atoms with Crippen molar-refractivity contribution in [1.82, 2.24) is 0 Å². The molecule has 2 nitrogen and oxygen atoms in total. The fraction of sp³-hybridized carbons (Fsp3) is 0.294. The quantitative estimate of drug-likeness (QED) is 0.884. The van der Waals surface area contributed by atoms with Gasteiger partial charge in [-0.2, -0.15) is 0 Å². The maximum Gasteiger partial charge on any atom is 0.0426 e. The Morgan fingerprint density at radius 2 is 1.85 bits per heavy atom. The molecule has 3 heteroatoms. The number of benzene rings is 2. The van der Waals surface area contributed by atoms with Gasteiger partial charge in [-0.25, -0.2) is 0 Å². The normalized spacial score (nSPS) is 12.2. The fourth-order valence-corrected chi connectivity index (χ4v) is 2.43. The minimum atomic E-state index is 0.127. The first-order chi connectivity index (χ1) is 9.60. The molecule has 0 spiro atoms. The van der Waals surface area contributed by atoms with E-state index in [0.717, 1.165) is 18.0 Å². The van der Waals surface area contributed by atoms with E-state index in [2.05, 4.69) is 49.2 Å². The molecule has 0 saturated heterocycles. The lowest BCUT2D eigenvalue weighted by atomic mass is 10.1. The molecule has 2 rings (SSSR count). The molecule has 2 N–H and O–H groups in total. The number of anilines is 1. The van der Waals surface area contributed by atoms with Crippen LogP contribution in [0.2, 0.25) is 5.02 Å². The van der Waals surface area contributed by atoms with Crippen molar-refractivity contribution in [1.29, 1.82) is 0 Å². The van der Waals surface area contributed by atoms with E-state index in [9.17, 15) is 0 Å². The molecular weight excluding hydrogens is 268 g/mol. The standard InChI is InChI=1S/C17H21ClN2/c1-3-17(19)14-7-9-16(10-8-14)20(2)12-13-5-4-6-15(18)11-13/h4-11,17H,3,12,19H2,1-2H3/t17-/m1/s1. The highest BCUT2D eigenvalue weighted by Gasteiger charge is 2.06. The van der Waals surface area contributed by atoms with Crippen molar-refractivity contribution < 1.29 is 0 Å². The summed E-state index contributed by atoms with van der Waals surface area (Å²) in [4.78, 5) is 2.20. The van der Waals surface area contributed by atoms with Gasteiger partial charge in [-0.3, -0.25) is 0 Å². The van der Waals surface area contributed by atoms with Crippen LogP contribution in [-0.4, -0.2) is 7.05 Å². The van der Waals surface area contributed by atoms with E-state index in [1.54, 1.807) is 0 Å². The van der Waals surface area contributed by atoms with E-state index in [0.29, 0.717) is 0 Å². The molecule has 0 heterocycles. The molecule has 0 aromatic heterocycles. The van der Waals surface area contributed by atoms with Crippen LogP contribution in [0, 0.1) is 0 Å². The van der Waals surface area contributed by atoms with Crippen LogP contribution in [-0.2, 0) is 6.54 Å². The Morgan fingerprint density at radius 3 is 2.45 bits per heavy atom. The van der Waals surface area contributed by atoms with Gasteiger partial charge < -0.3 is 10.6 Å². The van der Waals surface area contributed by atoms with Gasteiger partial charge in [-0.15, -0.1) is 0 Å². The summed E-state index contributed by atoms with van der Waals surface area (Å²) in [6.45, 7) is 2.93. The Kier molecular flexibility index (Phi) is 5.05. The number of nitrogens with zero attached hydrogens (tertiary/aromatic N) is 1. The summed E-state index contributed by atoms with van der Waals surface area (Å²) in [7, 11) is 2.08. The summed E-state index contributed by atoms with van der Waals surface area (Å²) in [6.07, 6.45) is 0.956. The van der Waals surface area contributed by atoms with E-state index in [4.69, 9.17) is 17.3 Å². The Bertz CT molecular complexity index is 551. The second kappa shape index (κ2) is 6.78. The Labute approximate surface area is 126 Å². The minimum Gasteiger partial charge on any atom is -0.370 e. The third kappa shape index (κ3) is 3.75. The lowest BCUT2D eigenvalue weighted by Gasteiger charge is -2.20. The number of rotatable bonds is 5. The molecule has 2 aromatic rings. The van der Waals surface area contributed by atoms with Crippen LogP contribution >= 0.6 is 11.6 Å². The predicted molar refractivity (Wildman–Crippen MR) is 87.2 cm³/mol. The van der Waals surface area contributed by atoms with Crippen LogP contribution in [0.4, 0.5) is 5.69 Å². The molecule has 0 aliphatic carbocycles. The van der Waals surface area contributed by atoms with Gasteiger partial charge in [-0.1, -0.05) is 42.8 Å². The fourth-order valence-electron chi connectivity index (χ4n) is 2.21. The predicted octanol–water partition coefficient (Wildman–Crippen LogP) is 4.39. The largest absolute Gasteiger partial charge is 0.370 e. The highest BCUT2D eigenvalue weighted by atomic mass is 35.5. The average molecular weight is 289 g/mol. The van der Waals surface area contributed by atoms with Crippen LogP contribution in [0.1, 0.15) is 30.5 Å². The van der Waals surface area contributed by atoms with Crippen molar-refractivity contribution in [2.45, 2.75) is 25.9 Å². The van der Waals surface area contributed by atoms with Crippen molar-refractivity contribution in [2.75, 3.05) is 11.9 Å².